The first-order chi connectivity index (χ1) is 15.2. The van der Waals surface area contributed by atoms with Crippen LogP contribution in [0.5, 0.6) is 11.5 Å². The van der Waals surface area contributed by atoms with Crippen molar-refractivity contribution in [3.05, 3.63) is 77.6 Å². The SMILES string of the molecule is COc1ccc(-c2nc(CC(=O)N(Cc3ccco3)Cc3ccco3)cs2)cc1OC. The summed E-state index contributed by atoms with van der Waals surface area (Å²) >= 11 is 1.48. The van der Waals surface area contributed by atoms with E-state index in [4.69, 9.17) is 18.3 Å². The second-order valence-corrected chi connectivity index (χ2v) is 7.66. The number of hydrogen-bond donors (Lipinski definition) is 0. The molecule has 1 aromatic carbocycles. The van der Waals surface area contributed by atoms with Gasteiger partial charge in [0.25, 0.3) is 0 Å². The summed E-state index contributed by atoms with van der Waals surface area (Å²) in [4.78, 5) is 19.4. The van der Waals surface area contributed by atoms with Crippen LogP contribution in [0.4, 0.5) is 0 Å². The van der Waals surface area contributed by atoms with Gasteiger partial charge >= 0.3 is 0 Å². The lowest BCUT2D eigenvalue weighted by Gasteiger charge is -2.20. The molecule has 0 atom stereocenters. The van der Waals surface area contributed by atoms with E-state index in [9.17, 15) is 4.79 Å². The lowest BCUT2D eigenvalue weighted by molar-refractivity contribution is -0.132. The molecule has 0 N–H and O–H groups in total. The molecule has 8 heteroatoms. The molecule has 4 aromatic rings. The van der Waals surface area contributed by atoms with E-state index in [-0.39, 0.29) is 12.3 Å². The van der Waals surface area contributed by atoms with E-state index in [1.54, 1.807) is 43.8 Å². The topological polar surface area (TPSA) is 77.9 Å². The smallest absolute Gasteiger partial charge is 0.229 e. The van der Waals surface area contributed by atoms with Crippen LogP contribution in [0.1, 0.15) is 17.2 Å². The van der Waals surface area contributed by atoms with Crippen molar-refractivity contribution in [2.45, 2.75) is 19.5 Å². The number of amides is 1. The number of nitrogens with zero attached hydrogens (tertiary/aromatic N) is 2. The number of carbonyl (C=O) groups is 1. The van der Waals surface area contributed by atoms with Crippen molar-refractivity contribution in [2.24, 2.45) is 0 Å². The molecule has 1 amide bonds. The van der Waals surface area contributed by atoms with Crippen LogP contribution >= 0.6 is 11.3 Å². The van der Waals surface area contributed by atoms with E-state index < -0.39 is 0 Å². The van der Waals surface area contributed by atoms with Crippen molar-refractivity contribution in [1.29, 1.82) is 0 Å². The highest BCUT2D eigenvalue weighted by Gasteiger charge is 2.19. The Labute approximate surface area is 183 Å². The molecule has 160 valence electrons. The molecular formula is C23H22N2O5S. The molecule has 0 saturated carbocycles. The van der Waals surface area contributed by atoms with Gasteiger partial charge in [0.05, 0.1) is 52.0 Å². The lowest BCUT2D eigenvalue weighted by Crippen LogP contribution is -2.31. The third-order valence-corrected chi connectivity index (χ3v) is 5.66. The van der Waals surface area contributed by atoms with Gasteiger partial charge in [0, 0.05) is 10.9 Å². The minimum atomic E-state index is -0.0584. The molecule has 0 aliphatic heterocycles. The zero-order valence-corrected chi connectivity index (χ0v) is 18.1. The Morgan fingerprint density at radius 1 is 1.00 bits per heavy atom. The molecule has 31 heavy (non-hydrogen) atoms. The van der Waals surface area contributed by atoms with E-state index in [0.29, 0.717) is 41.8 Å². The monoisotopic (exact) mass is 438 g/mol. The van der Waals surface area contributed by atoms with Gasteiger partial charge < -0.3 is 23.2 Å². The molecule has 0 unspecified atom stereocenters. The minimum absolute atomic E-state index is 0.0584. The summed E-state index contributed by atoms with van der Waals surface area (Å²) in [6.45, 7) is 0.721. The van der Waals surface area contributed by atoms with Crippen LogP contribution in [0, 0.1) is 0 Å². The fraction of sp³-hybridized carbons (Fsp3) is 0.217. The van der Waals surface area contributed by atoms with Crippen LogP contribution < -0.4 is 9.47 Å². The van der Waals surface area contributed by atoms with Gasteiger partial charge in [-0.15, -0.1) is 11.3 Å². The number of ether oxygens (including phenoxy) is 2. The van der Waals surface area contributed by atoms with Crippen molar-refractivity contribution in [3.63, 3.8) is 0 Å². The van der Waals surface area contributed by atoms with Gasteiger partial charge in [-0.3, -0.25) is 4.79 Å². The molecule has 0 fully saturated rings. The first-order valence-corrected chi connectivity index (χ1v) is 10.5. The molecule has 3 aromatic heterocycles. The normalized spacial score (nSPS) is 10.8. The molecule has 0 radical (unpaired) electrons. The highest BCUT2D eigenvalue weighted by Crippen LogP contribution is 2.33. The number of rotatable bonds is 9. The van der Waals surface area contributed by atoms with Crippen molar-refractivity contribution < 1.29 is 23.1 Å². The molecule has 0 bridgehead atoms. The first kappa shape index (κ1) is 20.7. The van der Waals surface area contributed by atoms with Gasteiger partial charge in [0.15, 0.2) is 11.5 Å². The van der Waals surface area contributed by atoms with Gasteiger partial charge in [-0.2, -0.15) is 0 Å². The molecule has 0 spiro atoms. The van der Waals surface area contributed by atoms with E-state index in [0.717, 1.165) is 10.6 Å². The quantitative estimate of drug-likeness (QED) is 0.374. The summed E-state index contributed by atoms with van der Waals surface area (Å²) in [5.41, 5.74) is 1.62. The van der Waals surface area contributed by atoms with E-state index >= 15 is 0 Å². The predicted molar refractivity (Wildman–Crippen MR) is 116 cm³/mol. The van der Waals surface area contributed by atoms with Gasteiger partial charge in [0.1, 0.15) is 16.5 Å². The predicted octanol–water partition coefficient (Wildman–Crippen LogP) is 4.78. The summed E-state index contributed by atoms with van der Waals surface area (Å²) in [5.74, 6) is 2.66. The number of thiazole rings is 1. The maximum Gasteiger partial charge on any atom is 0.229 e. The highest BCUT2D eigenvalue weighted by atomic mass is 32.1. The number of benzene rings is 1. The number of methoxy groups -OCH3 is 2. The second kappa shape index (κ2) is 9.53. The summed E-state index contributed by atoms with van der Waals surface area (Å²) in [6, 6.07) is 13.0. The molecule has 7 nitrogen and oxygen atoms in total. The van der Waals surface area contributed by atoms with E-state index in [2.05, 4.69) is 4.98 Å². The zero-order chi connectivity index (χ0) is 21.6. The third kappa shape index (κ3) is 4.97. The Bertz CT molecular complexity index is 1080. The average molecular weight is 439 g/mol. The van der Waals surface area contributed by atoms with E-state index in [1.165, 1.54) is 11.3 Å². The van der Waals surface area contributed by atoms with Crippen LogP contribution in [0.15, 0.2) is 69.2 Å². The standard InChI is InChI=1S/C23H22N2O5S/c1-27-20-8-7-16(11-21(20)28-2)23-24-17(15-31-23)12-22(26)25(13-18-5-3-9-29-18)14-19-6-4-10-30-19/h3-11,15H,12-14H2,1-2H3. The van der Waals surface area contributed by atoms with Gasteiger partial charge in [-0.25, -0.2) is 4.98 Å². The fourth-order valence-corrected chi connectivity index (χ4v) is 3.99. The zero-order valence-electron chi connectivity index (χ0n) is 17.2. The number of hydrogen-bond acceptors (Lipinski definition) is 7. The lowest BCUT2D eigenvalue weighted by atomic mass is 10.2. The molecule has 0 saturated heterocycles. The third-order valence-electron chi connectivity index (χ3n) is 4.72. The van der Waals surface area contributed by atoms with E-state index in [1.807, 2.05) is 35.7 Å². The van der Waals surface area contributed by atoms with Crippen LogP contribution in [-0.2, 0) is 24.3 Å². The van der Waals surface area contributed by atoms with Crippen molar-refractivity contribution in [3.8, 4) is 22.1 Å². The Kier molecular flexibility index (Phi) is 6.37. The molecule has 0 aliphatic carbocycles. The van der Waals surface area contributed by atoms with Crippen LogP contribution in [-0.4, -0.2) is 30.0 Å². The van der Waals surface area contributed by atoms with Crippen LogP contribution in [0.25, 0.3) is 10.6 Å². The number of carbonyl (C=O) groups excluding carboxylic acids is 1. The van der Waals surface area contributed by atoms with Crippen LogP contribution in [0.3, 0.4) is 0 Å². The van der Waals surface area contributed by atoms with Crippen LogP contribution in [0.2, 0.25) is 0 Å². The van der Waals surface area contributed by atoms with Crippen molar-refractivity contribution >= 4 is 17.2 Å². The fourth-order valence-electron chi connectivity index (χ4n) is 3.17. The highest BCUT2D eigenvalue weighted by molar-refractivity contribution is 7.13. The summed E-state index contributed by atoms with van der Waals surface area (Å²) < 4.78 is 21.5. The molecular weight excluding hydrogens is 416 g/mol. The van der Waals surface area contributed by atoms with Gasteiger partial charge in [0.2, 0.25) is 5.91 Å². The second-order valence-electron chi connectivity index (χ2n) is 6.80. The largest absolute Gasteiger partial charge is 0.493 e. The minimum Gasteiger partial charge on any atom is -0.493 e. The summed E-state index contributed by atoms with van der Waals surface area (Å²) in [6.07, 6.45) is 3.38. The first-order valence-electron chi connectivity index (χ1n) is 9.65. The average Bonchev–Trinajstić information content (AvgIpc) is 3.56. The maximum absolute atomic E-state index is 13.1. The van der Waals surface area contributed by atoms with Crippen molar-refractivity contribution in [2.75, 3.05) is 14.2 Å². The molecule has 3 heterocycles. The summed E-state index contributed by atoms with van der Waals surface area (Å²) in [5, 5.41) is 2.72. The number of furan rings is 2. The summed E-state index contributed by atoms with van der Waals surface area (Å²) in [7, 11) is 3.20. The Hall–Kier alpha value is -3.52. The molecule has 4 rings (SSSR count). The Balaban J connectivity index is 1.49. The van der Waals surface area contributed by atoms with Gasteiger partial charge in [-0.1, -0.05) is 0 Å². The number of aromatic nitrogens is 1. The molecule has 0 aliphatic rings. The Morgan fingerprint density at radius 3 is 2.26 bits per heavy atom. The maximum atomic E-state index is 13.1. The van der Waals surface area contributed by atoms with Gasteiger partial charge in [-0.05, 0) is 42.5 Å². The Morgan fingerprint density at radius 2 is 1.68 bits per heavy atom. The van der Waals surface area contributed by atoms with Crippen molar-refractivity contribution in [1.82, 2.24) is 9.88 Å².